The van der Waals surface area contributed by atoms with Gasteiger partial charge >= 0.3 is 10.1 Å². The average Bonchev–Trinajstić information content (AvgIpc) is 2.06. The second kappa shape index (κ2) is 3.64. The van der Waals surface area contributed by atoms with Crippen LogP contribution in [0, 0.1) is 23.2 Å². The van der Waals surface area contributed by atoms with Crippen molar-refractivity contribution in [2.45, 2.75) is 0 Å². The second-order valence-electron chi connectivity index (χ2n) is 2.46. The topological polar surface area (TPSA) is 67.2 Å². The summed E-state index contributed by atoms with van der Waals surface area (Å²) in [6.07, 6.45) is 0.831. The molecule has 1 aromatic rings. The van der Waals surface area contributed by atoms with Crippen molar-refractivity contribution in [2.24, 2.45) is 0 Å². The molecule has 0 aromatic heterocycles. The summed E-state index contributed by atoms with van der Waals surface area (Å²) in [6, 6.07) is 5.51. The van der Waals surface area contributed by atoms with Gasteiger partial charge in [0, 0.05) is 6.07 Å². The summed E-state index contributed by atoms with van der Waals surface area (Å²) in [5.41, 5.74) is -0.188. The van der Waals surface area contributed by atoms with Crippen molar-refractivity contribution < 1.29 is 17.0 Å². The van der Waals surface area contributed by atoms with Gasteiger partial charge in [0.2, 0.25) is 0 Å². The van der Waals surface area contributed by atoms with Crippen molar-refractivity contribution in [3.63, 3.8) is 0 Å². The molecule has 0 amide bonds. The first-order chi connectivity index (χ1) is 6.42. The van der Waals surface area contributed by atoms with Gasteiger partial charge in [-0.15, -0.1) is 0 Å². The van der Waals surface area contributed by atoms with Gasteiger partial charge in [0.25, 0.3) is 0 Å². The lowest BCUT2D eigenvalue weighted by molar-refractivity contribution is 0.490. The van der Waals surface area contributed by atoms with Gasteiger partial charge in [-0.3, -0.25) is 0 Å². The zero-order valence-corrected chi connectivity index (χ0v) is 7.93. The minimum absolute atomic E-state index is 0.188. The molecule has 0 bridgehead atoms. The molecule has 14 heavy (non-hydrogen) atoms. The van der Waals surface area contributed by atoms with Gasteiger partial charge in [-0.05, 0) is 12.1 Å². The Morgan fingerprint density at radius 1 is 1.64 bits per heavy atom. The third-order valence-electron chi connectivity index (χ3n) is 1.24. The lowest BCUT2D eigenvalue weighted by Crippen LogP contribution is -2.07. The van der Waals surface area contributed by atoms with E-state index < -0.39 is 15.9 Å². The summed E-state index contributed by atoms with van der Waals surface area (Å²) in [6.45, 7) is 0. The van der Waals surface area contributed by atoms with Crippen molar-refractivity contribution in [3.8, 4) is 11.8 Å². The standard InChI is InChI=1S/C8H5FNO3S/c1-14(11,12)13-8-3-2-7(9)4-6(8)5-10/h3-4H,1H3. The summed E-state index contributed by atoms with van der Waals surface area (Å²) < 4.78 is 38.4. The quantitative estimate of drug-likeness (QED) is 0.684. The minimum atomic E-state index is -3.72. The third kappa shape index (κ3) is 2.71. The maximum absolute atomic E-state index is 12.6. The van der Waals surface area contributed by atoms with Gasteiger partial charge < -0.3 is 4.18 Å². The Labute approximate surface area is 80.7 Å². The summed E-state index contributed by atoms with van der Waals surface area (Å²) in [4.78, 5) is 0. The van der Waals surface area contributed by atoms with Crippen LogP contribution in [0.15, 0.2) is 12.1 Å². The normalized spacial score (nSPS) is 10.6. The maximum Gasteiger partial charge on any atom is 0.306 e. The largest absolute Gasteiger partial charge is 0.381 e. The fraction of sp³-hybridized carbons (Fsp3) is 0.125. The molecule has 0 heterocycles. The summed E-state index contributed by atoms with van der Waals surface area (Å²) in [7, 11) is -3.72. The molecular weight excluding hydrogens is 209 g/mol. The minimum Gasteiger partial charge on any atom is -0.381 e. The van der Waals surface area contributed by atoms with Crippen LogP contribution in [-0.4, -0.2) is 14.7 Å². The zero-order chi connectivity index (χ0) is 10.8. The Morgan fingerprint density at radius 2 is 2.29 bits per heavy atom. The van der Waals surface area contributed by atoms with Gasteiger partial charge in [0.1, 0.15) is 11.9 Å². The second-order valence-corrected chi connectivity index (χ2v) is 4.03. The molecule has 0 N–H and O–H groups in total. The number of nitrogens with zero attached hydrogens (tertiary/aromatic N) is 1. The molecular formula is C8H5FNO3S. The number of hydrogen-bond donors (Lipinski definition) is 0. The van der Waals surface area contributed by atoms with E-state index >= 15 is 0 Å². The molecule has 0 aliphatic carbocycles. The van der Waals surface area contributed by atoms with Crippen LogP contribution in [0.3, 0.4) is 0 Å². The molecule has 1 rings (SSSR count). The number of rotatable bonds is 2. The van der Waals surface area contributed by atoms with Crippen LogP contribution in [0.5, 0.6) is 5.75 Å². The molecule has 0 unspecified atom stereocenters. The lowest BCUT2D eigenvalue weighted by Gasteiger charge is -2.03. The molecule has 4 nitrogen and oxygen atoms in total. The van der Waals surface area contributed by atoms with Crippen LogP contribution in [0.2, 0.25) is 0 Å². The maximum atomic E-state index is 12.6. The third-order valence-corrected chi connectivity index (χ3v) is 1.72. The van der Waals surface area contributed by atoms with E-state index in [1.165, 1.54) is 0 Å². The first-order valence-corrected chi connectivity index (χ1v) is 5.25. The van der Waals surface area contributed by atoms with Gasteiger partial charge in [-0.2, -0.15) is 13.7 Å². The van der Waals surface area contributed by atoms with E-state index in [0.717, 1.165) is 18.4 Å². The van der Waals surface area contributed by atoms with Crippen molar-refractivity contribution in [3.05, 3.63) is 29.6 Å². The molecule has 73 valence electrons. The summed E-state index contributed by atoms with van der Waals surface area (Å²) >= 11 is 0. The predicted octanol–water partition coefficient (Wildman–Crippen LogP) is 0.836. The van der Waals surface area contributed by atoms with E-state index in [2.05, 4.69) is 10.2 Å². The van der Waals surface area contributed by atoms with Gasteiger partial charge in [-0.25, -0.2) is 4.39 Å². The molecule has 1 radical (unpaired) electrons. The monoisotopic (exact) mass is 214 g/mol. The van der Waals surface area contributed by atoms with E-state index in [9.17, 15) is 12.8 Å². The molecule has 0 saturated heterocycles. The number of halogens is 1. The van der Waals surface area contributed by atoms with Gasteiger partial charge in [0.15, 0.2) is 5.75 Å². The number of hydrogen-bond acceptors (Lipinski definition) is 4. The van der Waals surface area contributed by atoms with Crippen LogP contribution >= 0.6 is 0 Å². The van der Waals surface area contributed by atoms with E-state index in [-0.39, 0.29) is 11.3 Å². The van der Waals surface area contributed by atoms with Crippen LogP contribution < -0.4 is 4.18 Å². The number of benzene rings is 1. The molecule has 0 spiro atoms. The smallest absolute Gasteiger partial charge is 0.306 e. The average molecular weight is 214 g/mol. The van der Waals surface area contributed by atoms with Crippen molar-refractivity contribution in [1.82, 2.24) is 0 Å². The predicted molar refractivity (Wildman–Crippen MR) is 45.4 cm³/mol. The van der Waals surface area contributed by atoms with Crippen molar-refractivity contribution in [2.75, 3.05) is 6.26 Å². The molecule has 0 aliphatic rings. The van der Waals surface area contributed by atoms with Crippen molar-refractivity contribution >= 4 is 10.1 Å². The molecule has 0 saturated carbocycles. The highest BCUT2D eigenvalue weighted by molar-refractivity contribution is 7.86. The fourth-order valence-electron chi connectivity index (χ4n) is 0.771. The van der Waals surface area contributed by atoms with Crippen LogP contribution in [0.25, 0.3) is 0 Å². The first-order valence-electron chi connectivity index (χ1n) is 3.43. The Balaban J connectivity index is 3.17. The first kappa shape index (κ1) is 10.5. The van der Waals surface area contributed by atoms with E-state index in [1.54, 1.807) is 6.07 Å². The number of nitriles is 1. The lowest BCUT2D eigenvalue weighted by atomic mass is 10.2. The molecule has 0 fully saturated rings. The summed E-state index contributed by atoms with van der Waals surface area (Å²) in [5, 5.41) is 8.53. The Hall–Kier alpha value is -1.61. The van der Waals surface area contributed by atoms with Crippen LogP contribution in [0.4, 0.5) is 4.39 Å². The Morgan fingerprint density at radius 3 is 2.79 bits per heavy atom. The Bertz CT molecular complexity index is 490. The van der Waals surface area contributed by atoms with E-state index in [0.29, 0.717) is 0 Å². The molecule has 0 atom stereocenters. The highest BCUT2D eigenvalue weighted by atomic mass is 32.2. The van der Waals surface area contributed by atoms with Crippen molar-refractivity contribution in [1.29, 1.82) is 5.26 Å². The molecule has 1 aromatic carbocycles. The highest BCUT2D eigenvalue weighted by Gasteiger charge is 2.10. The molecule has 0 aliphatic heterocycles. The van der Waals surface area contributed by atoms with E-state index in [4.69, 9.17) is 5.26 Å². The van der Waals surface area contributed by atoms with Gasteiger partial charge in [0.05, 0.1) is 11.8 Å². The summed E-state index contributed by atoms with van der Waals surface area (Å²) in [5.74, 6) is -0.973. The fourth-order valence-corrected chi connectivity index (χ4v) is 1.24. The SMILES string of the molecule is CS(=O)(=O)Oc1c[c]c(F)cc1C#N. The zero-order valence-electron chi connectivity index (χ0n) is 7.11. The van der Waals surface area contributed by atoms with E-state index in [1.807, 2.05) is 0 Å². The highest BCUT2D eigenvalue weighted by Crippen LogP contribution is 2.19. The Kier molecular flexibility index (Phi) is 2.72. The molecule has 6 heteroatoms. The van der Waals surface area contributed by atoms with Gasteiger partial charge in [-0.1, -0.05) is 0 Å². The van der Waals surface area contributed by atoms with Crippen LogP contribution in [-0.2, 0) is 10.1 Å². The van der Waals surface area contributed by atoms with Crippen LogP contribution in [0.1, 0.15) is 5.56 Å².